The first kappa shape index (κ1) is 18.5. The molecule has 2 fully saturated rings. The second-order valence-corrected chi connectivity index (χ2v) is 7.80. The van der Waals surface area contributed by atoms with Gasteiger partial charge in [0.2, 0.25) is 0 Å². The molecule has 2 heterocycles. The Morgan fingerprint density at radius 1 is 1.17 bits per heavy atom. The van der Waals surface area contributed by atoms with E-state index in [1.165, 1.54) is 0 Å². The van der Waals surface area contributed by atoms with Gasteiger partial charge in [-0.05, 0) is 53.0 Å². The van der Waals surface area contributed by atoms with Crippen LogP contribution in [0.1, 0.15) is 59.3 Å². The van der Waals surface area contributed by atoms with Crippen molar-refractivity contribution in [2.24, 2.45) is 0 Å². The summed E-state index contributed by atoms with van der Waals surface area (Å²) in [4.78, 5) is 16.8. The molecule has 2 aliphatic heterocycles. The fraction of sp³-hybridized carbons (Fsp3) is 0.944. The predicted molar refractivity (Wildman–Crippen MR) is 93.7 cm³/mol. The number of piperidine rings is 2. The van der Waals surface area contributed by atoms with Gasteiger partial charge in [0.25, 0.3) is 0 Å². The molecule has 0 aromatic carbocycles. The van der Waals surface area contributed by atoms with E-state index in [1.54, 1.807) is 0 Å². The van der Waals surface area contributed by atoms with Crippen molar-refractivity contribution in [3.05, 3.63) is 0 Å². The summed E-state index contributed by atoms with van der Waals surface area (Å²) in [6.45, 7) is 10.3. The number of nitrogens with zero attached hydrogens (tertiary/aromatic N) is 2. The van der Waals surface area contributed by atoms with Crippen molar-refractivity contribution in [2.75, 3.05) is 33.2 Å². The lowest BCUT2D eigenvalue weighted by molar-refractivity contribution is -0.0818. The summed E-state index contributed by atoms with van der Waals surface area (Å²) in [6.07, 6.45) is 6.99. The molecule has 0 bridgehead atoms. The average molecular weight is 325 g/mol. The van der Waals surface area contributed by atoms with Crippen molar-refractivity contribution in [1.82, 2.24) is 15.1 Å². The van der Waals surface area contributed by atoms with Crippen LogP contribution in [0.5, 0.6) is 0 Å². The smallest absolute Gasteiger partial charge is 0.317 e. The topological polar surface area (TPSA) is 44.8 Å². The van der Waals surface area contributed by atoms with Gasteiger partial charge in [0.1, 0.15) is 0 Å². The van der Waals surface area contributed by atoms with Crippen LogP contribution >= 0.6 is 0 Å². The van der Waals surface area contributed by atoms with Crippen LogP contribution in [0.3, 0.4) is 0 Å². The third kappa shape index (κ3) is 5.35. The Bertz CT molecular complexity index is 378. The number of carbonyl (C=O) groups is 1. The highest BCUT2D eigenvalue weighted by Crippen LogP contribution is 2.31. The van der Waals surface area contributed by atoms with Crippen LogP contribution in [-0.2, 0) is 4.74 Å². The zero-order valence-electron chi connectivity index (χ0n) is 15.4. The number of urea groups is 1. The Kier molecular flexibility index (Phi) is 6.72. The van der Waals surface area contributed by atoms with E-state index < -0.39 is 0 Å². The molecule has 0 aromatic rings. The Labute approximate surface area is 141 Å². The molecule has 0 radical (unpaired) electrons. The molecule has 0 aromatic heterocycles. The quantitative estimate of drug-likeness (QED) is 0.791. The molecule has 0 saturated carbocycles. The molecule has 23 heavy (non-hydrogen) atoms. The van der Waals surface area contributed by atoms with Gasteiger partial charge in [-0.1, -0.05) is 13.3 Å². The molecule has 2 rings (SSSR count). The molecule has 5 nitrogen and oxygen atoms in total. The lowest BCUT2D eigenvalue weighted by atomic mass is 9.88. The highest BCUT2D eigenvalue weighted by atomic mass is 16.5. The SMILES string of the molecule is CCCCNC(=O)N1CCC(OC2CCN(C)CC2)CC1(C)C. The molecular weight excluding hydrogens is 290 g/mol. The number of hydrogen-bond acceptors (Lipinski definition) is 3. The van der Waals surface area contributed by atoms with Crippen LogP contribution < -0.4 is 5.32 Å². The van der Waals surface area contributed by atoms with Gasteiger partial charge >= 0.3 is 6.03 Å². The van der Waals surface area contributed by atoms with Crippen LogP contribution in [-0.4, -0.2) is 66.8 Å². The molecular formula is C18H35N3O2. The molecule has 0 spiro atoms. The van der Waals surface area contributed by atoms with E-state index in [0.717, 1.165) is 64.7 Å². The Balaban J connectivity index is 1.80. The zero-order valence-corrected chi connectivity index (χ0v) is 15.4. The molecule has 5 heteroatoms. The van der Waals surface area contributed by atoms with E-state index in [-0.39, 0.29) is 17.7 Å². The van der Waals surface area contributed by atoms with Gasteiger partial charge in [0.15, 0.2) is 0 Å². The fourth-order valence-electron chi connectivity index (χ4n) is 3.70. The molecule has 1 unspecified atom stereocenters. The number of hydrogen-bond donors (Lipinski definition) is 1. The van der Waals surface area contributed by atoms with Crippen molar-refractivity contribution < 1.29 is 9.53 Å². The van der Waals surface area contributed by atoms with Crippen LogP contribution in [0.2, 0.25) is 0 Å². The molecule has 134 valence electrons. The molecule has 0 aliphatic carbocycles. The molecule has 2 amide bonds. The molecule has 1 atom stereocenters. The number of nitrogens with one attached hydrogen (secondary N) is 1. The van der Waals surface area contributed by atoms with Gasteiger partial charge in [-0.2, -0.15) is 0 Å². The van der Waals surface area contributed by atoms with E-state index >= 15 is 0 Å². The first-order chi connectivity index (χ1) is 10.9. The van der Waals surface area contributed by atoms with Crippen LogP contribution in [0, 0.1) is 0 Å². The highest BCUT2D eigenvalue weighted by molar-refractivity contribution is 5.75. The maximum atomic E-state index is 12.4. The zero-order chi connectivity index (χ0) is 16.9. The Morgan fingerprint density at radius 3 is 2.43 bits per heavy atom. The minimum Gasteiger partial charge on any atom is -0.375 e. The van der Waals surface area contributed by atoms with Crippen LogP contribution in [0.4, 0.5) is 4.79 Å². The van der Waals surface area contributed by atoms with Crippen molar-refractivity contribution in [2.45, 2.75) is 77.0 Å². The number of carbonyl (C=O) groups excluding carboxylic acids is 1. The second kappa shape index (κ2) is 8.34. The molecule has 2 saturated heterocycles. The normalized spacial score (nSPS) is 26.3. The van der Waals surface area contributed by atoms with Gasteiger partial charge in [-0.15, -0.1) is 0 Å². The van der Waals surface area contributed by atoms with E-state index in [9.17, 15) is 4.79 Å². The van der Waals surface area contributed by atoms with Crippen LogP contribution in [0.15, 0.2) is 0 Å². The molecule has 2 aliphatic rings. The number of likely N-dealkylation sites (tertiary alicyclic amines) is 2. The maximum Gasteiger partial charge on any atom is 0.317 e. The van der Waals surface area contributed by atoms with Gasteiger partial charge in [0.05, 0.1) is 12.2 Å². The van der Waals surface area contributed by atoms with Gasteiger partial charge in [-0.3, -0.25) is 0 Å². The number of unbranched alkanes of at least 4 members (excludes halogenated alkanes) is 1. The van der Waals surface area contributed by atoms with Crippen molar-refractivity contribution in [1.29, 1.82) is 0 Å². The standard InChI is InChI=1S/C18H35N3O2/c1-5-6-10-19-17(22)21-13-9-16(14-18(21,2)3)23-15-7-11-20(4)12-8-15/h15-16H,5-14H2,1-4H3,(H,19,22). The first-order valence-electron chi connectivity index (χ1n) is 9.32. The van der Waals surface area contributed by atoms with Crippen molar-refractivity contribution >= 4 is 6.03 Å². The van der Waals surface area contributed by atoms with E-state index in [1.807, 2.05) is 4.90 Å². The summed E-state index contributed by atoms with van der Waals surface area (Å²) < 4.78 is 6.36. The first-order valence-corrected chi connectivity index (χ1v) is 9.32. The largest absolute Gasteiger partial charge is 0.375 e. The summed E-state index contributed by atoms with van der Waals surface area (Å²) in [7, 11) is 2.18. The number of amides is 2. The second-order valence-electron chi connectivity index (χ2n) is 7.80. The third-order valence-corrected chi connectivity index (χ3v) is 5.23. The lowest BCUT2D eigenvalue weighted by Crippen LogP contribution is -2.57. The summed E-state index contributed by atoms with van der Waals surface area (Å²) in [5.41, 5.74) is -0.134. The summed E-state index contributed by atoms with van der Waals surface area (Å²) in [5.74, 6) is 0. The Hall–Kier alpha value is -0.810. The minimum atomic E-state index is -0.134. The third-order valence-electron chi connectivity index (χ3n) is 5.23. The van der Waals surface area contributed by atoms with Gasteiger partial charge in [0, 0.05) is 31.7 Å². The molecule has 1 N–H and O–H groups in total. The van der Waals surface area contributed by atoms with Gasteiger partial charge < -0.3 is 19.9 Å². The minimum absolute atomic E-state index is 0.0844. The lowest BCUT2D eigenvalue weighted by Gasteiger charge is -2.46. The average Bonchev–Trinajstić information content (AvgIpc) is 2.49. The fourth-order valence-corrected chi connectivity index (χ4v) is 3.70. The Morgan fingerprint density at radius 2 is 1.83 bits per heavy atom. The van der Waals surface area contributed by atoms with E-state index in [4.69, 9.17) is 4.74 Å². The summed E-state index contributed by atoms with van der Waals surface area (Å²) >= 11 is 0. The predicted octanol–water partition coefficient (Wildman–Crippen LogP) is 2.85. The monoisotopic (exact) mass is 325 g/mol. The number of rotatable bonds is 5. The van der Waals surface area contributed by atoms with E-state index in [0.29, 0.717) is 6.10 Å². The summed E-state index contributed by atoms with van der Waals surface area (Å²) in [6, 6.07) is 0.0844. The van der Waals surface area contributed by atoms with Crippen LogP contribution in [0.25, 0.3) is 0 Å². The van der Waals surface area contributed by atoms with Gasteiger partial charge in [-0.25, -0.2) is 4.79 Å². The summed E-state index contributed by atoms with van der Waals surface area (Å²) in [5, 5.41) is 3.05. The van der Waals surface area contributed by atoms with Crippen molar-refractivity contribution in [3.63, 3.8) is 0 Å². The number of ether oxygens (including phenoxy) is 1. The van der Waals surface area contributed by atoms with E-state index in [2.05, 4.69) is 38.0 Å². The maximum absolute atomic E-state index is 12.4. The van der Waals surface area contributed by atoms with Crippen molar-refractivity contribution in [3.8, 4) is 0 Å². The highest BCUT2D eigenvalue weighted by Gasteiger charge is 2.38.